The van der Waals surface area contributed by atoms with Crippen LogP contribution in [0.15, 0.2) is 24.5 Å². The summed E-state index contributed by atoms with van der Waals surface area (Å²) in [4.78, 5) is 17.1. The number of nitrogens with one attached hydrogen (secondary N) is 1. The van der Waals surface area contributed by atoms with Crippen LogP contribution in [0, 0.1) is 0 Å². The smallest absolute Gasteiger partial charge is 0.303 e. The number of carbonyl (C=O) groups is 1. The maximum atomic E-state index is 10.6. The standard InChI is InChI=1S/C14H21N3O2/c1-11-8-17(9-12-3-2-6-15-7-12)10-13(16-11)4-5-14(18)19/h2-3,6-7,11,13,16H,4-5,8-10H2,1H3,(H,18,19). The lowest BCUT2D eigenvalue weighted by Gasteiger charge is -2.37. The quantitative estimate of drug-likeness (QED) is 0.833. The summed E-state index contributed by atoms with van der Waals surface area (Å²) < 4.78 is 0. The van der Waals surface area contributed by atoms with Crippen LogP contribution < -0.4 is 5.32 Å². The van der Waals surface area contributed by atoms with Gasteiger partial charge in [-0.1, -0.05) is 6.07 Å². The normalized spacial score (nSPS) is 24.3. The zero-order valence-electron chi connectivity index (χ0n) is 11.2. The van der Waals surface area contributed by atoms with Crippen molar-refractivity contribution in [3.8, 4) is 0 Å². The monoisotopic (exact) mass is 263 g/mol. The third-order valence-electron chi connectivity index (χ3n) is 3.37. The summed E-state index contributed by atoms with van der Waals surface area (Å²) in [7, 11) is 0. The molecule has 0 amide bonds. The molecule has 1 aliphatic rings. The Bertz CT molecular complexity index is 410. The highest BCUT2D eigenvalue weighted by Crippen LogP contribution is 2.12. The van der Waals surface area contributed by atoms with Crippen LogP contribution in [0.25, 0.3) is 0 Å². The summed E-state index contributed by atoms with van der Waals surface area (Å²) in [6.07, 6.45) is 4.58. The third-order valence-corrected chi connectivity index (χ3v) is 3.37. The molecule has 2 N–H and O–H groups in total. The van der Waals surface area contributed by atoms with Crippen LogP contribution in [0.4, 0.5) is 0 Å². The van der Waals surface area contributed by atoms with Gasteiger partial charge in [0, 0.05) is 50.5 Å². The SMILES string of the molecule is CC1CN(Cc2cccnc2)CC(CCC(=O)O)N1. The molecule has 1 fully saturated rings. The lowest BCUT2D eigenvalue weighted by atomic mass is 10.1. The molecule has 5 heteroatoms. The van der Waals surface area contributed by atoms with E-state index in [1.54, 1.807) is 6.20 Å². The number of aliphatic carboxylic acids is 1. The van der Waals surface area contributed by atoms with Gasteiger partial charge in [0.2, 0.25) is 0 Å². The fourth-order valence-corrected chi connectivity index (χ4v) is 2.63. The second kappa shape index (κ2) is 6.63. The number of aromatic nitrogens is 1. The highest BCUT2D eigenvalue weighted by molar-refractivity contribution is 5.66. The van der Waals surface area contributed by atoms with Gasteiger partial charge in [0.25, 0.3) is 0 Å². The lowest BCUT2D eigenvalue weighted by Crippen LogP contribution is -2.55. The Morgan fingerprint density at radius 1 is 1.58 bits per heavy atom. The molecule has 5 nitrogen and oxygen atoms in total. The molecule has 0 bridgehead atoms. The van der Waals surface area contributed by atoms with Gasteiger partial charge in [0.15, 0.2) is 0 Å². The van der Waals surface area contributed by atoms with Gasteiger partial charge < -0.3 is 10.4 Å². The van der Waals surface area contributed by atoms with Crippen LogP contribution in [0.2, 0.25) is 0 Å². The summed E-state index contributed by atoms with van der Waals surface area (Å²) in [5, 5.41) is 12.2. The predicted octanol–water partition coefficient (Wildman–Crippen LogP) is 1.11. The fourth-order valence-electron chi connectivity index (χ4n) is 2.63. The van der Waals surface area contributed by atoms with Gasteiger partial charge in [-0.25, -0.2) is 0 Å². The van der Waals surface area contributed by atoms with Crippen LogP contribution in [-0.2, 0) is 11.3 Å². The highest BCUT2D eigenvalue weighted by atomic mass is 16.4. The van der Waals surface area contributed by atoms with Crippen LogP contribution in [0.5, 0.6) is 0 Å². The van der Waals surface area contributed by atoms with Crippen molar-refractivity contribution in [1.29, 1.82) is 0 Å². The summed E-state index contributed by atoms with van der Waals surface area (Å²) in [5.41, 5.74) is 1.20. The molecule has 104 valence electrons. The van der Waals surface area contributed by atoms with Crippen LogP contribution in [0.3, 0.4) is 0 Å². The molecule has 0 aromatic carbocycles. The Morgan fingerprint density at radius 2 is 2.42 bits per heavy atom. The van der Waals surface area contributed by atoms with E-state index in [-0.39, 0.29) is 12.5 Å². The van der Waals surface area contributed by atoms with E-state index in [2.05, 4.69) is 28.2 Å². The van der Waals surface area contributed by atoms with E-state index >= 15 is 0 Å². The molecular formula is C14H21N3O2. The molecule has 0 spiro atoms. The Balaban J connectivity index is 1.88. The van der Waals surface area contributed by atoms with E-state index in [1.807, 2.05) is 12.3 Å². The zero-order chi connectivity index (χ0) is 13.7. The minimum Gasteiger partial charge on any atom is -0.481 e. The molecule has 1 aliphatic heterocycles. The minimum absolute atomic E-state index is 0.227. The molecule has 2 atom stereocenters. The first kappa shape index (κ1) is 14.0. The molecule has 19 heavy (non-hydrogen) atoms. The number of carboxylic acids is 1. The van der Waals surface area contributed by atoms with Crippen molar-refractivity contribution in [2.75, 3.05) is 13.1 Å². The van der Waals surface area contributed by atoms with Crippen molar-refractivity contribution in [3.63, 3.8) is 0 Å². The molecule has 2 unspecified atom stereocenters. The zero-order valence-corrected chi connectivity index (χ0v) is 11.2. The maximum absolute atomic E-state index is 10.6. The van der Waals surface area contributed by atoms with E-state index in [4.69, 9.17) is 5.11 Å². The van der Waals surface area contributed by atoms with E-state index in [0.29, 0.717) is 12.5 Å². The number of hydrogen-bond acceptors (Lipinski definition) is 4. The number of nitrogens with zero attached hydrogens (tertiary/aromatic N) is 2. The number of piperazine rings is 1. The van der Waals surface area contributed by atoms with E-state index in [9.17, 15) is 4.79 Å². The van der Waals surface area contributed by atoms with E-state index in [0.717, 1.165) is 19.6 Å². The molecular weight excluding hydrogens is 242 g/mol. The van der Waals surface area contributed by atoms with E-state index < -0.39 is 5.97 Å². The summed E-state index contributed by atoms with van der Waals surface area (Å²) in [6.45, 7) is 4.90. The molecule has 1 aromatic heterocycles. The van der Waals surface area contributed by atoms with Crippen molar-refractivity contribution in [3.05, 3.63) is 30.1 Å². The second-order valence-electron chi connectivity index (χ2n) is 5.25. The average Bonchev–Trinajstić information content (AvgIpc) is 2.37. The Labute approximate surface area is 113 Å². The topological polar surface area (TPSA) is 65.5 Å². The summed E-state index contributed by atoms with van der Waals surface area (Å²) in [6, 6.07) is 4.68. The maximum Gasteiger partial charge on any atom is 0.303 e. The Hall–Kier alpha value is -1.46. The Kier molecular flexibility index (Phi) is 4.87. The molecule has 0 aliphatic carbocycles. The number of pyridine rings is 1. The first-order valence-corrected chi connectivity index (χ1v) is 6.72. The number of hydrogen-bond donors (Lipinski definition) is 2. The van der Waals surface area contributed by atoms with Crippen LogP contribution in [-0.4, -0.2) is 46.1 Å². The van der Waals surface area contributed by atoms with Crippen molar-refractivity contribution >= 4 is 5.97 Å². The highest BCUT2D eigenvalue weighted by Gasteiger charge is 2.24. The molecule has 2 heterocycles. The fraction of sp³-hybridized carbons (Fsp3) is 0.571. The van der Waals surface area contributed by atoms with Crippen molar-refractivity contribution in [2.45, 2.75) is 38.4 Å². The molecule has 1 saturated heterocycles. The van der Waals surface area contributed by atoms with Crippen molar-refractivity contribution in [2.24, 2.45) is 0 Å². The minimum atomic E-state index is -0.723. The van der Waals surface area contributed by atoms with E-state index in [1.165, 1.54) is 5.56 Å². The van der Waals surface area contributed by atoms with Crippen LogP contribution >= 0.6 is 0 Å². The second-order valence-corrected chi connectivity index (χ2v) is 5.25. The first-order valence-electron chi connectivity index (χ1n) is 6.72. The molecule has 0 saturated carbocycles. The van der Waals surface area contributed by atoms with Crippen molar-refractivity contribution in [1.82, 2.24) is 15.2 Å². The molecule has 2 rings (SSSR count). The molecule has 0 radical (unpaired) electrons. The van der Waals surface area contributed by atoms with Crippen molar-refractivity contribution < 1.29 is 9.90 Å². The van der Waals surface area contributed by atoms with Gasteiger partial charge in [0.1, 0.15) is 0 Å². The average molecular weight is 263 g/mol. The van der Waals surface area contributed by atoms with Gasteiger partial charge in [-0.2, -0.15) is 0 Å². The number of carboxylic acid groups (broad SMARTS) is 1. The third kappa shape index (κ3) is 4.61. The summed E-state index contributed by atoms with van der Waals surface area (Å²) >= 11 is 0. The first-order chi connectivity index (χ1) is 9.13. The van der Waals surface area contributed by atoms with Gasteiger partial charge in [-0.15, -0.1) is 0 Å². The summed E-state index contributed by atoms with van der Waals surface area (Å²) in [5.74, 6) is -0.723. The Morgan fingerprint density at radius 3 is 3.11 bits per heavy atom. The largest absolute Gasteiger partial charge is 0.481 e. The number of rotatable bonds is 5. The predicted molar refractivity (Wildman–Crippen MR) is 72.8 cm³/mol. The van der Waals surface area contributed by atoms with Gasteiger partial charge in [0.05, 0.1) is 0 Å². The van der Waals surface area contributed by atoms with Gasteiger partial charge in [-0.05, 0) is 25.0 Å². The van der Waals surface area contributed by atoms with Gasteiger partial charge >= 0.3 is 5.97 Å². The van der Waals surface area contributed by atoms with Crippen LogP contribution in [0.1, 0.15) is 25.3 Å². The van der Waals surface area contributed by atoms with Gasteiger partial charge in [-0.3, -0.25) is 14.7 Å². The lowest BCUT2D eigenvalue weighted by molar-refractivity contribution is -0.137. The molecule has 1 aromatic rings.